The van der Waals surface area contributed by atoms with Crippen LogP contribution in [0.15, 0.2) is 36.4 Å². The van der Waals surface area contributed by atoms with Crippen LogP contribution in [0.3, 0.4) is 0 Å². The summed E-state index contributed by atoms with van der Waals surface area (Å²) >= 11 is 6.25. The molecule has 0 heterocycles. The zero-order valence-electron chi connectivity index (χ0n) is 16.7. The van der Waals surface area contributed by atoms with Crippen LogP contribution in [0, 0.1) is 11.3 Å². The van der Waals surface area contributed by atoms with Crippen LogP contribution in [0.2, 0.25) is 5.02 Å². The molecule has 2 rings (SSSR count). The fourth-order valence-corrected chi connectivity index (χ4v) is 2.95. The number of anilines is 1. The number of hydrogen-bond acceptors (Lipinski definition) is 6. The van der Waals surface area contributed by atoms with Crippen molar-refractivity contribution in [2.75, 3.05) is 31.8 Å². The Bertz CT molecular complexity index is 941. The van der Waals surface area contributed by atoms with Gasteiger partial charge in [-0.25, -0.2) is 0 Å². The molecule has 0 aliphatic heterocycles. The largest absolute Gasteiger partial charge is 0.494 e. The van der Waals surface area contributed by atoms with Gasteiger partial charge in [0.15, 0.2) is 18.1 Å². The third-order valence-electron chi connectivity index (χ3n) is 3.99. The van der Waals surface area contributed by atoms with Crippen LogP contribution in [-0.4, -0.2) is 38.7 Å². The molecule has 0 aromatic heterocycles. The van der Waals surface area contributed by atoms with E-state index >= 15 is 0 Å². The van der Waals surface area contributed by atoms with Gasteiger partial charge in [-0.3, -0.25) is 9.59 Å². The number of carbonyl (C=O) groups excluding carboxylic acids is 2. The molecule has 0 aliphatic carbocycles. The minimum Gasteiger partial charge on any atom is -0.494 e. The summed E-state index contributed by atoms with van der Waals surface area (Å²) in [6, 6.07) is 11.9. The summed E-state index contributed by atoms with van der Waals surface area (Å²) in [6.07, 6.45) is 0.142. The molecule has 0 unspecified atom stereocenters. The van der Waals surface area contributed by atoms with E-state index in [4.69, 9.17) is 36.8 Å². The van der Waals surface area contributed by atoms with Gasteiger partial charge in [-0.05, 0) is 43.3 Å². The van der Waals surface area contributed by atoms with Gasteiger partial charge in [0.05, 0.1) is 31.2 Å². The van der Waals surface area contributed by atoms with E-state index in [-0.39, 0.29) is 47.6 Å². The van der Waals surface area contributed by atoms with E-state index in [1.807, 2.05) is 13.0 Å². The molecule has 2 aromatic carbocycles. The van der Waals surface area contributed by atoms with Crippen LogP contribution in [-0.2, 0) is 4.79 Å². The predicted octanol–water partition coefficient (Wildman–Crippen LogP) is 3.17. The first kappa shape index (κ1) is 22.8. The molecule has 0 spiro atoms. The second kappa shape index (κ2) is 10.9. The van der Waals surface area contributed by atoms with Crippen molar-refractivity contribution >= 4 is 29.1 Å². The number of nitrogens with two attached hydrogens (primary N) is 1. The minimum absolute atomic E-state index is 0.0888. The number of carbonyl (C=O) groups is 2. The molecule has 9 heteroatoms. The highest BCUT2D eigenvalue weighted by molar-refractivity contribution is 6.33. The van der Waals surface area contributed by atoms with E-state index in [0.29, 0.717) is 18.0 Å². The quantitative estimate of drug-likeness (QED) is 0.617. The number of hydrogen-bond donors (Lipinski definition) is 1. The first-order chi connectivity index (χ1) is 14.4. The Hall–Kier alpha value is -3.44. The van der Waals surface area contributed by atoms with Gasteiger partial charge >= 0.3 is 0 Å². The molecule has 8 nitrogen and oxygen atoms in total. The number of methoxy groups -OCH3 is 1. The first-order valence-electron chi connectivity index (χ1n) is 9.11. The van der Waals surface area contributed by atoms with Crippen molar-refractivity contribution in [2.45, 2.75) is 13.3 Å². The van der Waals surface area contributed by atoms with Crippen molar-refractivity contribution in [3.05, 3.63) is 47.0 Å². The Kier molecular flexibility index (Phi) is 8.32. The number of halogens is 1. The van der Waals surface area contributed by atoms with E-state index in [1.54, 1.807) is 24.3 Å². The lowest BCUT2D eigenvalue weighted by molar-refractivity contribution is -0.119. The number of ether oxygens (including phenoxy) is 3. The summed E-state index contributed by atoms with van der Waals surface area (Å²) in [6.45, 7) is 2.20. The number of nitrogens with zero attached hydrogens (tertiary/aromatic N) is 2. The lowest BCUT2D eigenvalue weighted by Gasteiger charge is -2.23. The molecule has 0 atom stereocenters. The number of benzene rings is 2. The molecule has 2 amide bonds. The average molecular weight is 432 g/mol. The van der Waals surface area contributed by atoms with Gasteiger partial charge in [0.1, 0.15) is 5.75 Å². The number of nitriles is 1. The Morgan fingerprint density at radius 2 is 1.90 bits per heavy atom. The van der Waals surface area contributed by atoms with Crippen LogP contribution < -0.4 is 24.8 Å². The Morgan fingerprint density at radius 3 is 2.47 bits per heavy atom. The van der Waals surface area contributed by atoms with Gasteiger partial charge < -0.3 is 24.8 Å². The summed E-state index contributed by atoms with van der Waals surface area (Å²) < 4.78 is 16.0. The van der Waals surface area contributed by atoms with E-state index in [2.05, 4.69) is 0 Å². The number of amides is 2. The summed E-state index contributed by atoms with van der Waals surface area (Å²) in [5, 5.41) is 9.08. The third-order valence-corrected chi connectivity index (χ3v) is 4.27. The van der Waals surface area contributed by atoms with Gasteiger partial charge in [-0.1, -0.05) is 11.6 Å². The molecule has 0 fully saturated rings. The van der Waals surface area contributed by atoms with E-state index in [0.717, 1.165) is 0 Å². The van der Waals surface area contributed by atoms with Crippen LogP contribution in [0.5, 0.6) is 17.2 Å². The Labute approximate surface area is 179 Å². The molecule has 0 aliphatic rings. The van der Waals surface area contributed by atoms with E-state index in [1.165, 1.54) is 24.1 Å². The molecule has 0 bridgehead atoms. The maximum atomic E-state index is 13.2. The predicted molar refractivity (Wildman–Crippen MR) is 112 cm³/mol. The summed E-state index contributed by atoms with van der Waals surface area (Å²) in [5.74, 6) is -0.0877. The minimum atomic E-state index is -0.675. The molecule has 0 radical (unpaired) electrons. The highest BCUT2D eigenvalue weighted by Crippen LogP contribution is 2.37. The summed E-state index contributed by atoms with van der Waals surface area (Å²) in [5.41, 5.74) is 5.93. The Morgan fingerprint density at radius 1 is 1.20 bits per heavy atom. The molecular weight excluding hydrogens is 410 g/mol. The molecular formula is C21H22ClN3O5. The molecule has 30 heavy (non-hydrogen) atoms. The molecule has 158 valence electrons. The van der Waals surface area contributed by atoms with Crippen LogP contribution >= 0.6 is 11.6 Å². The third kappa shape index (κ3) is 5.78. The second-order valence-corrected chi connectivity index (χ2v) is 6.44. The smallest absolute Gasteiger partial charge is 0.258 e. The topological polar surface area (TPSA) is 115 Å². The van der Waals surface area contributed by atoms with Crippen molar-refractivity contribution in [3.8, 4) is 23.3 Å². The monoisotopic (exact) mass is 431 g/mol. The maximum absolute atomic E-state index is 13.2. The number of rotatable bonds is 10. The lowest BCUT2D eigenvalue weighted by Crippen LogP contribution is -2.31. The van der Waals surface area contributed by atoms with Gasteiger partial charge in [0.2, 0.25) is 0 Å². The maximum Gasteiger partial charge on any atom is 0.258 e. The molecule has 0 saturated heterocycles. The first-order valence-corrected chi connectivity index (χ1v) is 9.49. The van der Waals surface area contributed by atoms with Crippen molar-refractivity contribution < 1.29 is 23.8 Å². The van der Waals surface area contributed by atoms with E-state index < -0.39 is 5.91 Å². The molecule has 2 aromatic rings. The van der Waals surface area contributed by atoms with Gasteiger partial charge in [-0.15, -0.1) is 0 Å². The lowest BCUT2D eigenvalue weighted by atomic mass is 10.1. The van der Waals surface area contributed by atoms with Crippen molar-refractivity contribution in [3.63, 3.8) is 0 Å². The fraction of sp³-hybridized carbons (Fsp3) is 0.286. The highest BCUT2D eigenvalue weighted by Gasteiger charge is 2.22. The number of primary amides is 1. The van der Waals surface area contributed by atoms with Crippen LogP contribution in [0.4, 0.5) is 5.69 Å². The highest BCUT2D eigenvalue weighted by atomic mass is 35.5. The van der Waals surface area contributed by atoms with Crippen LogP contribution in [0.25, 0.3) is 0 Å². The fourth-order valence-electron chi connectivity index (χ4n) is 2.68. The van der Waals surface area contributed by atoms with E-state index in [9.17, 15) is 9.59 Å². The van der Waals surface area contributed by atoms with Crippen molar-refractivity contribution in [2.24, 2.45) is 5.73 Å². The SMILES string of the molecule is CCOc1ccc(N(CCC#N)C(=O)c2cc(Cl)c(OCC(N)=O)c(OC)c2)cc1. The zero-order chi connectivity index (χ0) is 22.1. The van der Waals surface area contributed by atoms with Crippen molar-refractivity contribution in [1.82, 2.24) is 0 Å². The Balaban J connectivity index is 2.38. The second-order valence-electron chi connectivity index (χ2n) is 6.04. The van der Waals surface area contributed by atoms with Gasteiger partial charge in [0, 0.05) is 17.8 Å². The molecule has 2 N–H and O–H groups in total. The summed E-state index contributed by atoms with van der Waals surface area (Å²) in [7, 11) is 1.39. The van der Waals surface area contributed by atoms with Gasteiger partial charge in [0.25, 0.3) is 11.8 Å². The summed E-state index contributed by atoms with van der Waals surface area (Å²) in [4.78, 5) is 25.7. The zero-order valence-corrected chi connectivity index (χ0v) is 17.4. The van der Waals surface area contributed by atoms with Gasteiger partial charge in [-0.2, -0.15) is 5.26 Å². The van der Waals surface area contributed by atoms with Crippen molar-refractivity contribution in [1.29, 1.82) is 5.26 Å². The van der Waals surface area contributed by atoms with Crippen LogP contribution in [0.1, 0.15) is 23.7 Å². The molecule has 0 saturated carbocycles. The standard InChI is InChI=1S/C21H22ClN3O5/c1-3-29-16-7-5-15(6-8-16)25(10-4-9-23)21(27)14-11-17(22)20(18(12-14)28-2)30-13-19(24)26/h5-8,11-12H,3-4,10,13H2,1-2H3,(H2,24,26). The average Bonchev–Trinajstić information content (AvgIpc) is 2.73. The normalized spacial score (nSPS) is 10.1.